The van der Waals surface area contributed by atoms with Crippen LogP contribution in [0.25, 0.3) is 0 Å². The van der Waals surface area contributed by atoms with Crippen molar-refractivity contribution in [1.29, 1.82) is 0 Å². The van der Waals surface area contributed by atoms with Gasteiger partial charge in [-0.15, -0.1) is 0 Å². The van der Waals surface area contributed by atoms with Gasteiger partial charge in [0.25, 0.3) is 11.8 Å². The molecule has 0 radical (unpaired) electrons. The van der Waals surface area contributed by atoms with Gasteiger partial charge in [-0.05, 0) is 59.0 Å². The van der Waals surface area contributed by atoms with Gasteiger partial charge < -0.3 is 24.4 Å². The van der Waals surface area contributed by atoms with Crippen molar-refractivity contribution in [3.8, 4) is 11.5 Å². The highest BCUT2D eigenvalue weighted by molar-refractivity contribution is 5.97. The van der Waals surface area contributed by atoms with Crippen molar-refractivity contribution in [1.82, 2.24) is 10.2 Å². The van der Waals surface area contributed by atoms with E-state index in [1.54, 1.807) is 29.2 Å². The van der Waals surface area contributed by atoms with Crippen molar-refractivity contribution in [3.05, 3.63) is 167 Å². The molecular formula is C41H40N2O6. The molecule has 49 heavy (non-hydrogen) atoms. The number of hydrogen-bond donors (Lipinski definition) is 1. The van der Waals surface area contributed by atoms with Crippen molar-refractivity contribution >= 4 is 17.8 Å². The lowest BCUT2D eigenvalue weighted by Gasteiger charge is -2.23. The lowest BCUT2D eigenvalue weighted by Crippen LogP contribution is -2.43. The number of ether oxygens (including phenoxy) is 3. The molecule has 8 heteroatoms. The molecular weight excluding hydrogens is 616 g/mol. The quantitative estimate of drug-likeness (QED) is 0.123. The number of hydrogen-bond acceptors (Lipinski definition) is 6. The van der Waals surface area contributed by atoms with Crippen LogP contribution in [0.5, 0.6) is 11.5 Å². The zero-order valence-electron chi connectivity index (χ0n) is 27.5. The Bertz CT molecular complexity index is 1780. The first-order valence-electron chi connectivity index (χ1n) is 16.2. The largest absolute Gasteiger partial charge is 0.489 e. The molecule has 0 saturated carbocycles. The molecule has 8 nitrogen and oxygen atoms in total. The minimum atomic E-state index is -0.920. The van der Waals surface area contributed by atoms with Crippen molar-refractivity contribution in [2.45, 2.75) is 32.0 Å². The van der Waals surface area contributed by atoms with Gasteiger partial charge in [-0.2, -0.15) is 0 Å². The van der Waals surface area contributed by atoms with Crippen LogP contribution in [0.15, 0.2) is 140 Å². The first kappa shape index (κ1) is 34.4. The molecule has 250 valence electrons. The molecule has 0 spiro atoms. The first-order chi connectivity index (χ1) is 24.0. The SMILES string of the molecule is COC(=O)C(Cc1ccc(OCc2ccccc2)cc1)NC(=O)c1cccc(OCC(=O)N(CCc2ccccc2)Cc2ccccc2)c1. The second kappa shape index (κ2) is 17.9. The molecule has 0 aliphatic rings. The van der Waals surface area contributed by atoms with Gasteiger partial charge in [0.2, 0.25) is 0 Å². The van der Waals surface area contributed by atoms with E-state index in [1.807, 2.05) is 115 Å². The second-order valence-corrected chi connectivity index (χ2v) is 11.5. The third-order valence-corrected chi connectivity index (χ3v) is 7.94. The summed E-state index contributed by atoms with van der Waals surface area (Å²) >= 11 is 0. The molecule has 0 saturated heterocycles. The topological polar surface area (TPSA) is 94.2 Å². The van der Waals surface area contributed by atoms with E-state index in [2.05, 4.69) is 5.32 Å². The van der Waals surface area contributed by atoms with E-state index in [1.165, 1.54) is 7.11 Å². The summed E-state index contributed by atoms with van der Waals surface area (Å²) in [5, 5.41) is 2.79. The molecule has 0 aliphatic carbocycles. The average molecular weight is 657 g/mol. The van der Waals surface area contributed by atoms with Crippen LogP contribution in [-0.4, -0.2) is 49.0 Å². The number of carbonyl (C=O) groups excluding carboxylic acids is 3. The van der Waals surface area contributed by atoms with Crippen LogP contribution in [0.1, 0.15) is 32.6 Å². The Morgan fingerprint density at radius 1 is 0.653 bits per heavy atom. The Balaban J connectivity index is 1.18. The predicted molar refractivity (Wildman–Crippen MR) is 188 cm³/mol. The van der Waals surface area contributed by atoms with E-state index in [0.717, 1.165) is 22.3 Å². The summed E-state index contributed by atoms with van der Waals surface area (Å²) in [6, 6.07) is 42.7. The summed E-state index contributed by atoms with van der Waals surface area (Å²) in [5.41, 5.74) is 4.34. The molecule has 1 N–H and O–H groups in total. The monoisotopic (exact) mass is 656 g/mol. The van der Waals surface area contributed by atoms with Crippen LogP contribution in [-0.2, 0) is 40.3 Å². The smallest absolute Gasteiger partial charge is 0.328 e. The molecule has 0 fully saturated rings. The Kier molecular flexibility index (Phi) is 12.6. The minimum Gasteiger partial charge on any atom is -0.489 e. The summed E-state index contributed by atoms with van der Waals surface area (Å²) in [6.07, 6.45) is 0.935. The van der Waals surface area contributed by atoms with Crippen LogP contribution < -0.4 is 14.8 Å². The van der Waals surface area contributed by atoms with Gasteiger partial charge in [-0.1, -0.05) is 109 Å². The average Bonchev–Trinajstić information content (AvgIpc) is 3.16. The van der Waals surface area contributed by atoms with E-state index in [-0.39, 0.29) is 24.5 Å². The van der Waals surface area contributed by atoms with Crippen LogP contribution in [0.2, 0.25) is 0 Å². The third-order valence-electron chi connectivity index (χ3n) is 7.94. The molecule has 5 rings (SSSR count). The van der Waals surface area contributed by atoms with Gasteiger partial charge in [0.05, 0.1) is 7.11 Å². The van der Waals surface area contributed by atoms with Gasteiger partial charge in [0.15, 0.2) is 6.61 Å². The van der Waals surface area contributed by atoms with Crippen molar-refractivity contribution in [2.75, 3.05) is 20.3 Å². The molecule has 0 bridgehead atoms. The zero-order chi connectivity index (χ0) is 34.3. The van der Waals surface area contributed by atoms with Crippen LogP contribution in [0, 0.1) is 0 Å². The maximum atomic E-state index is 13.4. The predicted octanol–water partition coefficient (Wildman–Crippen LogP) is 6.43. The lowest BCUT2D eigenvalue weighted by molar-refractivity contribution is -0.142. The second-order valence-electron chi connectivity index (χ2n) is 11.5. The van der Waals surface area contributed by atoms with Crippen LogP contribution in [0.4, 0.5) is 0 Å². The lowest BCUT2D eigenvalue weighted by atomic mass is 10.0. The van der Waals surface area contributed by atoms with Crippen LogP contribution in [0.3, 0.4) is 0 Å². The van der Waals surface area contributed by atoms with Crippen molar-refractivity contribution in [3.63, 3.8) is 0 Å². The fraction of sp³-hybridized carbons (Fsp3) is 0.195. The highest BCUT2D eigenvalue weighted by Crippen LogP contribution is 2.18. The Morgan fingerprint density at radius 2 is 1.29 bits per heavy atom. The Labute approximate surface area is 287 Å². The summed E-state index contributed by atoms with van der Waals surface area (Å²) < 4.78 is 16.7. The molecule has 1 unspecified atom stereocenters. The van der Waals surface area contributed by atoms with Gasteiger partial charge in [0, 0.05) is 25.1 Å². The van der Waals surface area contributed by atoms with E-state index < -0.39 is 17.9 Å². The highest BCUT2D eigenvalue weighted by atomic mass is 16.5. The molecule has 0 aromatic heterocycles. The number of methoxy groups -OCH3 is 1. The molecule has 1 atom stereocenters. The number of amides is 2. The van der Waals surface area contributed by atoms with Gasteiger partial charge in [-0.3, -0.25) is 9.59 Å². The standard InChI is InChI=1S/C41H40N2O6/c1-47-41(46)38(26-32-20-22-36(23-21-32)48-29-34-16-9-4-10-17-34)42-40(45)35-18-11-19-37(27-35)49-30-39(44)43(28-33-14-7-3-8-15-33)25-24-31-12-5-2-6-13-31/h2-23,27,38H,24-26,28-30H2,1H3,(H,42,45). The van der Waals surface area contributed by atoms with E-state index in [9.17, 15) is 14.4 Å². The summed E-state index contributed by atoms with van der Waals surface area (Å²) in [7, 11) is 1.29. The number of nitrogens with zero attached hydrogens (tertiary/aromatic N) is 1. The minimum absolute atomic E-state index is 0.170. The number of benzene rings is 5. The van der Waals surface area contributed by atoms with E-state index in [4.69, 9.17) is 14.2 Å². The maximum absolute atomic E-state index is 13.4. The van der Waals surface area contributed by atoms with E-state index >= 15 is 0 Å². The summed E-state index contributed by atoms with van der Waals surface area (Å²) in [5.74, 6) is -0.143. The summed E-state index contributed by atoms with van der Waals surface area (Å²) in [6.45, 7) is 1.24. The fourth-order valence-corrected chi connectivity index (χ4v) is 5.24. The van der Waals surface area contributed by atoms with Gasteiger partial charge in [-0.25, -0.2) is 4.79 Å². The molecule has 0 aliphatic heterocycles. The number of rotatable bonds is 16. The molecule has 2 amide bonds. The summed E-state index contributed by atoms with van der Waals surface area (Å²) in [4.78, 5) is 41.1. The van der Waals surface area contributed by atoms with Crippen LogP contribution >= 0.6 is 0 Å². The van der Waals surface area contributed by atoms with Crippen molar-refractivity contribution < 1.29 is 28.6 Å². The van der Waals surface area contributed by atoms with Gasteiger partial charge in [0.1, 0.15) is 24.1 Å². The molecule has 0 heterocycles. The Hall–Kier alpha value is -5.89. The van der Waals surface area contributed by atoms with Crippen molar-refractivity contribution in [2.24, 2.45) is 0 Å². The molecule has 5 aromatic carbocycles. The highest BCUT2D eigenvalue weighted by Gasteiger charge is 2.23. The number of carbonyl (C=O) groups is 3. The Morgan fingerprint density at radius 3 is 1.94 bits per heavy atom. The fourth-order valence-electron chi connectivity index (χ4n) is 5.24. The number of esters is 1. The number of nitrogens with one attached hydrogen (secondary N) is 1. The van der Waals surface area contributed by atoms with E-state index in [0.29, 0.717) is 37.6 Å². The van der Waals surface area contributed by atoms with Gasteiger partial charge >= 0.3 is 5.97 Å². The normalized spacial score (nSPS) is 11.2. The third kappa shape index (κ3) is 10.8. The maximum Gasteiger partial charge on any atom is 0.328 e. The molecule has 5 aromatic rings. The zero-order valence-corrected chi connectivity index (χ0v) is 27.5. The first-order valence-corrected chi connectivity index (χ1v) is 16.2.